The second kappa shape index (κ2) is 14.1. The van der Waals surface area contributed by atoms with E-state index in [1.54, 1.807) is 4.90 Å². The predicted octanol–water partition coefficient (Wildman–Crippen LogP) is 9.09. The number of nitrogens with zero attached hydrogens (tertiary/aromatic N) is 4. The van der Waals surface area contributed by atoms with Crippen molar-refractivity contribution in [3.05, 3.63) is 70.8 Å². The van der Waals surface area contributed by atoms with Crippen LogP contribution in [0.5, 0.6) is 0 Å². The zero-order chi connectivity index (χ0) is 32.1. The molecule has 240 valence electrons. The van der Waals surface area contributed by atoms with E-state index >= 15 is 0 Å². The number of aliphatic imine (C=N–C) groups is 1. The fourth-order valence-corrected chi connectivity index (χ4v) is 5.77. The van der Waals surface area contributed by atoms with E-state index in [4.69, 9.17) is 9.72 Å². The van der Waals surface area contributed by atoms with Crippen LogP contribution in [-0.4, -0.2) is 41.6 Å². The van der Waals surface area contributed by atoms with Crippen LogP contribution in [0, 0.1) is 5.92 Å². The molecule has 2 aliphatic rings. The number of para-hydroxylation sites is 1. The predicted molar refractivity (Wildman–Crippen MR) is 161 cm³/mol. The Morgan fingerprint density at radius 3 is 2.07 bits per heavy atom. The molecule has 3 aromatic rings. The van der Waals surface area contributed by atoms with Gasteiger partial charge in [-0.15, -0.1) is 0 Å². The molecule has 11 heteroatoms. The van der Waals surface area contributed by atoms with Crippen LogP contribution < -0.4 is 4.90 Å². The van der Waals surface area contributed by atoms with Crippen molar-refractivity contribution in [1.29, 1.82) is 0 Å². The first-order valence-corrected chi connectivity index (χ1v) is 15.3. The van der Waals surface area contributed by atoms with Crippen molar-refractivity contribution in [3.63, 3.8) is 0 Å². The number of rotatable bonds is 8. The van der Waals surface area contributed by atoms with Gasteiger partial charge < -0.3 is 14.5 Å². The molecule has 1 aliphatic carbocycles. The van der Waals surface area contributed by atoms with Crippen LogP contribution in [0.1, 0.15) is 75.6 Å². The lowest BCUT2D eigenvalue weighted by Crippen LogP contribution is -2.34. The third kappa shape index (κ3) is 8.15. The van der Waals surface area contributed by atoms with Gasteiger partial charge in [-0.05, 0) is 68.5 Å². The van der Waals surface area contributed by atoms with Crippen molar-refractivity contribution in [3.8, 4) is 0 Å². The molecule has 0 bridgehead atoms. The minimum Gasteiger partial charge on any atom is -0.460 e. The van der Waals surface area contributed by atoms with Crippen molar-refractivity contribution in [2.24, 2.45) is 10.9 Å². The van der Waals surface area contributed by atoms with E-state index < -0.39 is 23.5 Å². The van der Waals surface area contributed by atoms with Crippen molar-refractivity contribution in [2.75, 3.05) is 24.5 Å². The molecule has 1 saturated carbocycles. The standard InChI is InChI=1S/C31H34F6N4O.C2H6/c1-3-40(17-21-8-4-5-9-21)28-24(14-23-10-6-7-11-27(23)39-28)19-41(29-38-16-20(2)42-29)18-22-12-25(30(32,33)34)15-26(13-22)31(35,36)37;1-2/h6-7,10-15,20-21H,3-5,8-9,16-19H2,1-2H3;1-2H3. The summed E-state index contributed by atoms with van der Waals surface area (Å²) in [6.45, 7) is 9.60. The number of fused-ring (bicyclic) bond motifs is 1. The van der Waals surface area contributed by atoms with Crippen LogP contribution >= 0.6 is 0 Å². The van der Waals surface area contributed by atoms with Gasteiger partial charge in [0.2, 0.25) is 0 Å². The van der Waals surface area contributed by atoms with Crippen molar-refractivity contribution < 1.29 is 31.1 Å². The molecular formula is C33H40F6N4O. The second-order valence-electron chi connectivity index (χ2n) is 11.2. The van der Waals surface area contributed by atoms with Gasteiger partial charge >= 0.3 is 12.4 Å². The number of benzene rings is 2. The number of hydrogen-bond acceptors (Lipinski definition) is 5. The summed E-state index contributed by atoms with van der Waals surface area (Å²) in [7, 11) is 0. The monoisotopic (exact) mass is 622 g/mol. The van der Waals surface area contributed by atoms with E-state index in [0.29, 0.717) is 19.0 Å². The molecule has 2 aromatic carbocycles. The molecule has 1 aliphatic heterocycles. The lowest BCUT2D eigenvalue weighted by molar-refractivity contribution is -0.143. The molecule has 0 N–H and O–H groups in total. The lowest BCUT2D eigenvalue weighted by atomic mass is 10.0. The quantitative estimate of drug-likeness (QED) is 0.235. The Hall–Kier alpha value is -3.50. The Balaban J connectivity index is 0.00000216. The Bertz CT molecular complexity index is 1400. The average Bonchev–Trinajstić information content (AvgIpc) is 3.67. The highest BCUT2D eigenvalue weighted by Crippen LogP contribution is 2.37. The molecule has 2 heterocycles. The van der Waals surface area contributed by atoms with Crippen molar-refractivity contribution >= 4 is 22.7 Å². The highest BCUT2D eigenvalue weighted by atomic mass is 19.4. The number of halogens is 6. The van der Waals surface area contributed by atoms with Crippen LogP contribution in [0.25, 0.3) is 10.9 Å². The van der Waals surface area contributed by atoms with E-state index in [9.17, 15) is 26.3 Å². The summed E-state index contributed by atoms with van der Waals surface area (Å²) in [5, 5.41) is 0.884. The summed E-state index contributed by atoms with van der Waals surface area (Å²) in [4.78, 5) is 13.3. The van der Waals surface area contributed by atoms with Crippen LogP contribution in [0.3, 0.4) is 0 Å². The summed E-state index contributed by atoms with van der Waals surface area (Å²) >= 11 is 0. The summed E-state index contributed by atoms with van der Waals surface area (Å²) in [6, 6.07) is 11.5. The molecule has 0 amide bonds. The van der Waals surface area contributed by atoms with Gasteiger partial charge in [0.25, 0.3) is 6.02 Å². The Labute approximate surface area is 254 Å². The third-order valence-corrected chi connectivity index (χ3v) is 7.86. The number of hydrogen-bond donors (Lipinski definition) is 0. The smallest absolute Gasteiger partial charge is 0.416 e. The van der Waals surface area contributed by atoms with E-state index in [2.05, 4.69) is 16.8 Å². The van der Waals surface area contributed by atoms with Crippen molar-refractivity contribution in [1.82, 2.24) is 9.88 Å². The van der Waals surface area contributed by atoms with Gasteiger partial charge in [-0.1, -0.05) is 44.9 Å². The van der Waals surface area contributed by atoms with Gasteiger partial charge in [0, 0.05) is 30.6 Å². The summed E-state index contributed by atoms with van der Waals surface area (Å²) in [5.41, 5.74) is -1.24. The highest BCUT2D eigenvalue weighted by molar-refractivity contribution is 5.82. The first kappa shape index (κ1) is 33.4. The van der Waals surface area contributed by atoms with Gasteiger partial charge in [-0.2, -0.15) is 26.3 Å². The number of pyridine rings is 1. The van der Waals surface area contributed by atoms with Crippen molar-refractivity contribution in [2.45, 2.75) is 84.9 Å². The lowest BCUT2D eigenvalue weighted by Gasteiger charge is -2.30. The molecule has 1 aromatic heterocycles. The van der Waals surface area contributed by atoms with Gasteiger partial charge in [0.1, 0.15) is 11.9 Å². The largest absolute Gasteiger partial charge is 0.460 e. The Kier molecular flexibility index (Phi) is 10.7. The first-order valence-electron chi connectivity index (χ1n) is 15.3. The van der Waals surface area contributed by atoms with Crippen LogP contribution in [-0.2, 0) is 30.2 Å². The number of aromatic nitrogens is 1. The van der Waals surface area contributed by atoms with Gasteiger partial charge in [-0.25, -0.2) is 9.98 Å². The molecule has 0 radical (unpaired) electrons. The molecule has 5 rings (SSSR count). The summed E-state index contributed by atoms with van der Waals surface area (Å²) < 4.78 is 87.6. The minimum atomic E-state index is -4.94. The third-order valence-electron chi connectivity index (χ3n) is 7.86. The molecule has 1 unspecified atom stereocenters. The molecule has 0 saturated heterocycles. The highest BCUT2D eigenvalue weighted by Gasteiger charge is 2.37. The molecular weight excluding hydrogens is 582 g/mol. The zero-order valence-corrected chi connectivity index (χ0v) is 25.6. The number of ether oxygens (including phenoxy) is 1. The topological polar surface area (TPSA) is 41.0 Å². The van der Waals surface area contributed by atoms with Gasteiger partial charge in [0.05, 0.1) is 29.7 Å². The number of alkyl halides is 6. The second-order valence-corrected chi connectivity index (χ2v) is 11.2. The minimum absolute atomic E-state index is 0.136. The van der Waals surface area contributed by atoms with E-state index in [1.807, 2.05) is 51.1 Å². The van der Waals surface area contributed by atoms with E-state index in [-0.39, 0.29) is 36.8 Å². The number of amidine groups is 1. The molecule has 44 heavy (non-hydrogen) atoms. The van der Waals surface area contributed by atoms with Crippen LogP contribution in [0.2, 0.25) is 0 Å². The maximum Gasteiger partial charge on any atom is 0.416 e. The van der Waals surface area contributed by atoms with Crippen LogP contribution in [0.15, 0.2) is 53.5 Å². The van der Waals surface area contributed by atoms with Crippen LogP contribution in [0.4, 0.5) is 32.2 Å². The van der Waals surface area contributed by atoms with Gasteiger partial charge in [0.15, 0.2) is 0 Å². The van der Waals surface area contributed by atoms with E-state index in [0.717, 1.165) is 53.8 Å². The maximum atomic E-state index is 13.6. The molecule has 1 fully saturated rings. The normalized spacial score (nSPS) is 17.2. The Morgan fingerprint density at radius 1 is 0.864 bits per heavy atom. The summed E-state index contributed by atoms with van der Waals surface area (Å²) in [6.07, 6.45) is -5.46. The molecule has 0 spiro atoms. The van der Waals surface area contributed by atoms with E-state index in [1.165, 1.54) is 12.8 Å². The number of anilines is 1. The summed E-state index contributed by atoms with van der Waals surface area (Å²) in [5.74, 6) is 1.29. The average molecular weight is 623 g/mol. The maximum absolute atomic E-state index is 13.6. The molecule has 1 atom stereocenters. The zero-order valence-electron chi connectivity index (χ0n) is 25.6. The molecule has 5 nitrogen and oxygen atoms in total. The first-order chi connectivity index (χ1) is 20.9. The fourth-order valence-electron chi connectivity index (χ4n) is 5.77. The van der Waals surface area contributed by atoms with Gasteiger partial charge in [-0.3, -0.25) is 0 Å². The fraction of sp³-hybridized carbons (Fsp3) is 0.515. The SMILES string of the molecule is CC.CCN(CC1CCCC1)c1nc2ccccc2cc1CN(Cc1cc(C(F)(F)F)cc(C(F)(F)F)c1)C1=NCC(C)O1. The Morgan fingerprint density at radius 2 is 1.50 bits per heavy atom.